The van der Waals surface area contributed by atoms with Crippen molar-refractivity contribution in [3.63, 3.8) is 0 Å². The first-order valence-corrected chi connectivity index (χ1v) is 6.84. The van der Waals surface area contributed by atoms with E-state index in [0.29, 0.717) is 24.7 Å². The average molecular weight is 297 g/mol. The predicted octanol–water partition coefficient (Wildman–Crippen LogP) is 1.46. The van der Waals surface area contributed by atoms with Crippen LogP contribution in [0.1, 0.15) is 12.5 Å². The minimum Gasteiger partial charge on any atom is -0.480 e. The Balaban J connectivity index is 1.95. The predicted molar refractivity (Wildman–Crippen MR) is 75.5 cm³/mol. The van der Waals surface area contributed by atoms with Gasteiger partial charge < -0.3 is 10.0 Å². The van der Waals surface area contributed by atoms with Crippen molar-refractivity contribution in [2.24, 2.45) is 0 Å². The third-order valence-corrected chi connectivity index (χ3v) is 3.79. The van der Waals surface area contributed by atoms with E-state index >= 15 is 0 Å². The second kappa shape index (κ2) is 6.24. The lowest BCUT2D eigenvalue weighted by atomic mass is 10.1. The largest absolute Gasteiger partial charge is 0.480 e. The summed E-state index contributed by atoms with van der Waals surface area (Å²) < 4.78 is 0. The van der Waals surface area contributed by atoms with Crippen molar-refractivity contribution in [3.8, 4) is 0 Å². The zero-order chi connectivity index (χ0) is 14.7. The van der Waals surface area contributed by atoms with Crippen molar-refractivity contribution < 1.29 is 14.7 Å². The number of hydrogen-bond acceptors (Lipinski definition) is 3. The fourth-order valence-corrected chi connectivity index (χ4v) is 2.32. The number of nitrogens with zero attached hydrogens (tertiary/aromatic N) is 2. The molecule has 0 aromatic heterocycles. The smallest absolute Gasteiger partial charge is 0.320 e. The van der Waals surface area contributed by atoms with Gasteiger partial charge in [0.25, 0.3) is 0 Å². The standard InChI is InChI=1S/C14H17ClN2O3/c1-10(14(19)20)16-6-7-17(13(18)9-16)8-11-2-4-12(15)5-3-11/h2-5,10H,6-9H2,1H3,(H,19,20)/t10-/m1/s1. The number of hydrogen-bond donors (Lipinski definition) is 1. The lowest BCUT2D eigenvalue weighted by Crippen LogP contribution is -2.54. The van der Waals surface area contributed by atoms with Crippen LogP contribution in [0.2, 0.25) is 5.02 Å². The van der Waals surface area contributed by atoms with E-state index in [4.69, 9.17) is 16.7 Å². The van der Waals surface area contributed by atoms with Crippen LogP contribution in [0.4, 0.5) is 0 Å². The molecule has 1 atom stereocenters. The molecule has 1 aliphatic rings. The van der Waals surface area contributed by atoms with E-state index in [2.05, 4.69) is 0 Å². The van der Waals surface area contributed by atoms with Gasteiger partial charge in [-0.25, -0.2) is 0 Å². The van der Waals surface area contributed by atoms with Gasteiger partial charge in [0.2, 0.25) is 5.91 Å². The lowest BCUT2D eigenvalue weighted by molar-refractivity contribution is -0.147. The van der Waals surface area contributed by atoms with Crippen molar-refractivity contribution in [2.45, 2.75) is 19.5 Å². The molecule has 1 aromatic rings. The number of aliphatic carboxylic acids is 1. The first-order chi connectivity index (χ1) is 9.47. The SMILES string of the molecule is C[C@H](C(=O)O)N1CCN(Cc2ccc(Cl)cc2)C(=O)C1. The van der Waals surface area contributed by atoms with Crippen LogP contribution < -0.4 is 0 Å². The molecule has 1 aliphatic heterocycles. The summed E-state index contributed by atoms with van der Waals surface area (Å²) in [7, 11) is 0. The molecule has 2 rings (SSSR count). The molecule has 1 N–H and O–H groups in total. The van der Waals surface area contributed by atoms with Gasteiger partial charge in [0.1, 0.15) is 6.04 Å². The van der Waals surface area contributed by atoms with Gasteiger partial charge >= 0.3 is 5.97 Å². The molecule has 20 heavy (non-hydrogen) atoms. The molecule has 0 aliphatic carbocycles. The summed E-state index contributed by atoms with van der Waals surface area (Å²) in [5.74, 6) is -0.941. The molecular weight excluding hydrogens is 280 g/mol. The number of carboxylic acid groups (broad SMARTS) is 1. The van der Waals surface area contributed by atoms with Crippen LogP contribution in [0.15, 0.2) is 24.3 Å². The molecule has 0 unspecified atom stereocenters. The van der Waals surface area contributed by atoms with E-state index in [0.717, 1.165) is 5.56 Å². The van der Waals surface area contributed by atoms with Crippen molar-refractivity contribution in [1.82, 2.24) is 9.80 Å². The zero-order valence-corrected chi connectivity index (χ0v) is 12.0. The minimum absolute atomic E-state index is 0.0423. The van der Waals surface area contributed by atoms with E-state index in [9.17, 15) is 9.59 Å². The number of amides is 1. The highest BCUT2D eigenvalue weighted by atomic mass is 35.5. The molecule has 0 spiro atoms. The molecule has 0 radical (unpaired) electrons. The number of carboxylic acids is 1. The molecule has 6 heteroatoms. The lowest BCUT2D eigenvalue weighted by Gasteiger charge is -2.36. The van der Waals surface area contributed by atoms with Crippen LogP contribution in [0, 0.1) is 0 Å². The summed E-state index contributed by atoms with van der Waals surface area (Å²) in [5, 5.41) is 9.64. The maximum Gasteiger partial charge on any atom is 0.320 e. The van der Waals surface area contributed by atoms with Gasteiger partial charge in [-0.2, -0.15) is 0 Å². The van der Waals surface area contributed by atoms with Crippen LogP contribution in [0.5, 0.6) is 0 Å². The molecule has 108 valence electrons. The highest BCUT2D eigenvalue weighted by molar-refractivity contribution is 6.30. The van der Waals surface area contributed by atoms with Crippen molar-refractivity contribution in [2.75, 3.05) is 19.6 Å². The summed E-state index contributed by atoms with van der Waals surface area (Å²) in [6.45, 7) is 3.41. The molecule has 0 bridgehead atoms. The quantitative estimate of drug-likeness (QED) is 0.914. The van der Waals surface area contributed by atoms with Gasteiger partial charge in [-0.05, 0) is 24.6 Å². The zero-order valence-electron chi connectivity index (χ0n) is 11.3. The maximum atomic E-state index is 12.1. The molecule has 1 saturated heterocycles. The maximum absolute atomic E-state index is 12.1. The van der Waals surface area contributed by atoms with E-state index in [1.807, 2.05) is 12.1 Å². The Morgan fingerprint density at radius 1 is 1.35 bits per heavy atom. The number of benzene rings is 1. The second-order valence-corrected chi connectivity index (χ2v) is 5.36. The first kappa shape index (κ1) is 14.8. The molecule has 1 heterocycles. The topological polar surface area (TPSA) is 60.9 Å². The first-order valence-electron chi connectivity index (χ1n) is 6.46. The highest BCUT2D eigenvalue weighted by Crippen LogP contribution is 2.14. The van der Waals surface area contributed by atoms with Crippen molar-refractivity contribution >= 4 is 23.5 Å². The molecule has 5 nitrogen and oxygen atoms in total. The van der Waals surface area contributed by atoms with Crippen molar-refractivity contribution in [1.29, 1.82) is 0 Å². The summed E-state index contributed by atoms with van der Waals surface area (Å²) >= 11 is 5.82. The second-order valence-electron chi connectivity index (χ2n) is 4.93. The Morgan fingerprint density at radius 3 is 2.55 bits per heavy atom. The number of piperazine rings is 1. The monoisotopic (exact) mass is 296 g/mol. The number of carbonyl (C=O) groups is 2. The minimum atomic E-state index is -0.899. The van der Waals surface area contributed by atoms with Crippen LogP contribution in [0.25, 0.3) is 0 Å². The third-order valence-electron chi connectivity index (χ3n) is 3.54. The molecule has 1 fully saturated rings. The molecule has 1 amide bonds. The Hall–Kier alpha value is -1.59. The molecular formula is C14H17ClN2O3. The third kappa shape index (κ3) is 3.49. The Bertz CT molecular complexity index is 504. The molecule has 1 aromatic carbocycles. The summed E-state index contributed by atoms with van der Waals surface area (Å²) in [6.07, 6.45) is 0. The normalized spacial score (nSPS) is 18.1. The van der Waals surface area contributed by atoms with Crippen LogP contribution in [0.3, 0.4) is 0 Å². The van der Waals surface area contributed by atoms with Crippen LogP contribution in [-0.4, -0.2) is 52.5 Å². The summed E-state index contributed by atoms with van der Waals surface area (Å²) in [5.41, 5.74) is 1.02. The van der Waals surface area contributed by atoms with Gasteiger partial charge in [0, 0.05) is 24.7 Å². The fraction of sp³-hybridized carbons (Fsp3) is 0.429. The van der Waals surface area contributed by atoms with Gasteiger partial charge in [0.05, 0.1) is 6.54 Å². The Kier molecular flexibility index (Phi) is 4.62. The summed E-state index contributed by atoms with van der Waals surface area (Å²) in [4.78, 5) is 26.4. The van der Waals surface area contributed by atoms with Gasteiger partial charge in [-0.3, -0.25) is 14.5 Å². The van der Waals surface area contributed by atoms with Crippen LogP contribution in [-0.2, 0) is 16.1 Å². The van der Waals surface area contributed by atoms with Gasteiger partial charge in [-0.1, -0.05) is 23.7 Å². The Labute approximate surface area is 122 Å². The van der Waals surface area contributed by atoms with Crippen molar-refractivity contribution in [3.05, 3.63) is 34.9 Å². The molecule has 0 saturated carbocycles. The van der Waals surface area contributed by atoms with Gasteiger partial charge in [-0.15, -0.1) is 0 Å². The van der Waals surface area contributed by atoms with E-state index < -0.39 is 12.0 Å². The van der Waals surface area contributed by atoms with E-state index in [1.54, 1.807) is 28.9 Å². The number of halogens is 1. The van der Waals surface area contributed by atoms with E-state index in [1.165, 1.54) is 0 Å². The number of carbonyl (C=O) groups excluding carboxylic acids is 1. The van der Waals surface area contributed by atoms with E-state index in [-0.39, 0.29) is 12.5 Å². The highest BCUT2D eigenvalue weighted by Gasteiger charge is 2.29. The number of rotatable bonds is 4. The summed E-state index contributed by atoms with van der Waals surface area (Å²) in [6, 6.07) is 6.74. The van der Waals surface area contributed by atoms with Gasteiger partial charge in [0.15, 0.2) is 0 Å². The fourth-order valence-electron chi connectivity index (χ4n) is 2.19. The Morgan fingerprint density at radius 2 is 2.00 bits per heavy atom. The average Bonchev–Trinajstić information content (AvgIpc) is 2.42. The van der Waals surface area contributed by atoms with Crippen LogP contribution >= 0.6 is 11.6 Å².